The van der Waals surface area contributed by atoms with Gasteiger partial charge in [-0.05, 0) is 18.4 Å². The molecule has 0 saturated heterocycles. The number of aromatic nitrogens is 2. The standard InChI is InChI=1S/C21H28N4O2/c1-4-14(2)12-22-21(27)20-17-13-25(9-8-18(17)23-24-20)19(26)11-16-7-5-6-15(3)10-16/h5-7,10,14H,4,8-9,11-13H2,1-3H3,(H,22,27)(H,23,24)/t14-/m1/s1. The topological polar surface area (TPSA) is 78.1 Å². The summed E-state index contributed by atoms with van der Waals surface area (Å²) in [5.41, 5.74) is 4.39. The maximum absolute atomic E-state index is 12.7. The second-order valence-corrected chi connectivity index (χ2v) is 7.48. The molecular weight excluding hydrogens is 340 g/mol. The summed E-state index contributed by atoms with van der Waals surface area (Å²) >= 11 is 0. The molecule has 144 valence electrons. The third-order valence-electron chi connectivity index (χ3n) is 5.25. The first-order chi connectivity index (χ1) is 13.0. The summed E-state index contributed by atoms with van der Waals surface area (Å²) in [5.74, 6) is 0.343. The molecule has 1 aliphatic heterocycles. The van der Waals surface area contributed by atoms with Crippen molar-refractivity contribution in [3.05, 3.63) is 52.3 Å². The van der Waals surface area contributed by atoms with Gasteiger partial charge in [0.25, 0.3) is 5.91 Å². The Morgan fingerprint density at radius 1 is 1.37 bits per heavy atom. The van der Waals surface area contributed by atoms with Crippen molar-refractivity contribution in [3.8, 4) is 0 Å². The summed E-state index contributed by atoms with van der Waals surface area (Å²) in [4.78, 5) is 27.1. The zero-order valence-corrected chi connectivity index (χ0v) is 16.3. The van der Waals surface area contributed by atoms with Gasteiger partial charge in [-0.1, -0.05) is 50.1 Å². The average Bonchev–Trinajstić information content (AvgIpc) is 3.09. The Labute approximate surface area is 160 Å². The van der Waals surface area contributed by atoms with E-state index >= 15 is 0 Å². The first kappa shape index (κ1) is 19.1. The SMILES string of the molecule is CC[C@@H](C)CNC(=O)c1n[nH]c2c1CN(C(=O)Cc1cccc(C)c1)CC2. The first-order valence-electron chi connectivity index (χ1n) is 9.65. The second kappa shape index (κ2) is 8.37. The highest BCUT2D eigenvalue weighted by Gasteiger charge is 2.27. The molecule has 1 aromatic heterocycles. The molecule has 0 aliphatic carbocycles. The lowest BCUT2D eigenvalue weighted by Gasteiger charge is -2.27. The Kier molecular flexibility index (Phi) is 5.94. The van der Waals surface area contributed by atoms with Crippen LogP contribution in [-0.4, -0.2) is 40.0 Å². The molecule has 2 aromatic rings. The van der Waals surface area contributed by atoms with Crippen LogP contribution in [0.1, 0.15) is 53.1 Å². The van der Waals surface area contributed by atoms with Crippen LogP contribution in [0.25, 0.3) is 0 Å². The number of rotatable bonds is 6. The number of benzene rings is 1. The van der Waals surface area contributed by atoms with E-state index in [0.717, 1.165) is 28.8 Å². The summed E-state index contributed by atoms with van der Waals surface area (Å²) in [7, 11) is 0. The zero-order valence-electron chi connectivity index (χ0n) is 16.3. The van der Waals surface area contributed by atoms with E-state index in [0.29, 0.717) is 44.1 Å². The largest absolute Gasteiger partial charge is 0.350 e. The van der Waals surface area contributed by atoms with Gasteiger partial charge >= 0.3 is 0 Å². The van der Waals surface area contributed by atoms with Crippen molar-refractivity contribution >= 4 is 11.8 Å². The van der Waals surface area contributed by atoms with Crippen molar-refractivity contribution in [2.24, 2.45) is 5.92 Å². The predicted molar refractivity (Wildman–Crippen MR) is 104 cm³/mol. The fourth-order valence-electron chi connectivity index (χ4n) is 3.30. The number of carbonyl (C=O) groups is 2. The van der Waals surface area contributed by atoms with Gasteiger partial charge in [-0.15, -0.1) is 0 Å². The molecule has 27 heavy (non-hydrogen) atoms. The molecule has 0 bridgehead atoms. The van der Waals surface area contributed by atoms with Gasteiger partial charge in [0, 0.05) is 37.3 Å². The van der Waals surface area contributed by atoms with E-state index in [4.69, 9.17) is 0 Å². The summed E-state index contributed by atoms with van der Waals surface area (Å²) in [5, 5.41) is 10.1. The molecule has 2 amide bonds. The van der Waals surface area contributed by atoms with Crippen molar-refractivity contribution in [3.63, 3.8) is 0 Å². The molecule has 1 atom stereocenters. The quantitative estimate of drug-likeness (QED) is 0.823. The van der Waals surface area contributed by atoms with Crippen LogP contribution >= 0.6 is 0 Å². The average molecular weight is 368 g/mol. The highest BCUT2D eigenvalue weighted by molar-refractivity contribution is 5.94. The number of fused-ring (bicyclic) bond motifs is 1. The number of hydrogen-bond donors (Lipinski definition) is 2. The smallest absolute Gasteiger partial charge is 0.272 e. The van der Waals surface area contributed by atoms with Gasteiger partial charge in [0.05, 0.1) is 6.42 Å². The lowest BCUT2D eigenvalue weighted by molar-refractivity contribution is -0.131. The lowest BCUT2D eigenvalue weighted by atomic mass is 10.0. The van der Waals surface area contributed by atoms with Gasteiger partial charge in [0.1, 0.15) is 0 Å². The fraction of sp³-hybridized carbons (Fsp3) is 0.476. The van der Waals surface area contributed by atoms with Crippen LogP contribution in [0.15, 0.2) is 24.3 Å². The molecule has 6 heteroatoms. The molecule has 0 radical (unpaired) electrons. The van der Waals surface area contributed by atoms with Crippen molar-refractivity contribution in [2.45, 2.75) is 46.6 Å². The molecule has 6 nitrogen and oxygen atoms in total. The van der Waals surface area contributed by atoms with Crippen molar-refractivity contribution in [2.75, 3.05) is 13.1 Å². The highest BCUT2D eigenvalue weighted by atomic mass is 16.2. The van der Waals surface area contributed by atoms with Crippen LogP contribution in [0, 0.1) is 12.8 Å². The van der Waals surface area contributed by atoms with E-state index < -0.39 is 0 Å². The predicted octanol–water partition coefficient (Wildman–Crippen LogP) is 2.62. The molecule has 2 N–H and O–H groups in total. The zero-order chi connectivity index (χ0) is 19.4. The lowest BCUT2D eigenvalue weighted by Crippen LogP contribution is -2.38. The molecule has 0 fully saturated rings. The summed E-state index contributed by atoms with van der Waals surface area (Å²) in [6.45, 7) is 7.94. The summed E-state index contributed by atoms with van der Waals surface area (Å²) < 4.78 is 0. The Bertz CT molecular complexity index is 827. The minimum atomic E-state index is -0.166. The maximum atomic E-state index is 12.7. The summed E-state index contributed by atoms with van der Waals surface area (Å²) in [6, 6.07) is 8.02. The number of hydrogen-bond acceptors (Lipinski definition) is 3. The van der Waals surface area contributed by atoms with Gasteiger partial charge in [0.15, 0.2) is 5.69 Å². The number of aromatic amines is 1. The number of carbonyl (C=O) groups excluding carboxylic acids is 2. The van der Waals surface area contributed by atoms with Crippen molar-refractivity contribution in [1.29, 1.82) is 0 Å². The molecule has 1 aromatic carbocycles. The molecular formula is C21H28N4O2. The van der Waals surface area contributed by atoms with Gasteiger partial charge < -0.3 is 10.2 Å². The van der Waals surface area contributed by atoms with E-state index in [-0.39, 0.29) is 11.8 Å². The van der Waals surface area contributed by atoms with Gasteiger partial charge in [-0.3, -0.25) is 14.7 Å². The van der Waals surface area contributed by atoms with E-state index in [1.54, 1.807) is 0 Å². The van der Waals surface area contributed by atoms with Gasteiger partial charge in [0.2, 0.25) is 5.91 Å². The van der Waals surface area contributed by atoms with Crippen LogP contribution < -0.4 is 5.32 Å². The number of nitrogens with zero attached hydrogens (tertiary/aromatic N) is 2. The Balaban J connectivity index is 1.67. The van der Waals surface area contributed by atoms with Crippen LogP contribution in [0.2, 0.25) is 0 Å². The monoisotopic (exact) mass is 368 g/mol. The Hall–Kier alpha value is -2.63. The molecule has 0 saturated carbocycles. The van der Waals surface area contributed by atoms with Crippen LogP contribution in [0.3, 0.4) is 0 Å². The third kappa shape index (κ3) is 4.56. The number of nitrogens with one attached hydrogen (secondary N) is 2. The van der Waals surface area contributed by atoms with E-state index in [1.807, 2.05) is 36.1 Å². The minimum Gasteiger partial charge on any atom is -0.350 e. The highest BCUT2D eigenvalue weighted by Crippen LogP contribution is 2.21. The normalized spacial score (nSPS) is 14.6. The molecule has 2 heterocycles. The number of aryl methyl sites for hydroxylation is 1. The third-order valence-corrected chi connectivity index (χ3v) is 5.25. The summed E-state index contributed by atoms with van der Waals surface area (Å²) in [6.07, 6.45) is 2.09. The molecule has 3 rings (SSSR count). The maximum Gasteiger partial charge on any atom is 0.272 e. The first-order valence-corrected chi connectivity index (χ1v) is 9.65. The Morgan fingerprint density at radius 3 is 2.93 bits per heavy atom. The number of amides is 2. The van der Waals surface area contributed by atoms with Crippen molar-refractivity contribution in [1.82, 2.24) is 20.4 Å². The van der Waals surface area contributed by atoms with Crippen molar-refractivity contribution < 1.29 is 9.59 Å². The second-order valence-electron chi connectivity index (χ2n) is 7.48. The molecule has 1 aliphatic rings. The molecule has 0 unspecified atom stereocenters. The van der Waals surface area contributed by atoms with E-state index in [9.17, 15) is 9.59 Å². The van der Waals surface area contributed by atoms with Crippen LogP contribution in [0.5, 0.6) is 0 Å². The van der Waals surface area contributed by atoms with Crippen LogP contribution in [-0.2, 0) is 24.2 Å². The molecule has 0 spiro atoms. The van der Waals surface area contributed by atoms with Crippen LogP contribution in [0.4, 0.5) is 0 Å². The fourth-order valence-corrected chi connectivity index (χ4v) is 3.30. The Morgan fingerprint density at radius 2 is 2.19 bits per heavy atom. The van der Waals surface area contributed by atoms with Gasteiger partial charge in [-0.2, -0.15) is 5.10 Å². The minimum absolute atomic E-state index is 0.0819. The van der Waals surface area contributed by atoms with Gasteiger partial charge in [-0.25, -0.2) is 0 Å². The van der Waals surface area contributed by atoms with E-state index in [2.05, 4.69) is 29.4 Å². The number of H-pyrrole nitrogens is 1. The van der Waals surface area contributed by atoms with E-state index in [1.165, 1.54) is 0 Å².